The Morgan fingerprint density at radius 2 is 1.06 bits per heavy atom. The van der Waals surface area contributed by atoms with Crippen LogP contribution in [0.3, 0.4) is 0 Å². The largest absolute Gasteiger partial charge is 0.289 e. The Balaban J connectivity index is 0.000000139. The minimum absolute atomic E-state index is 0.154. The predicted octanol–water partition coefficient (Wildman–Crippen LogP) is 8.53. The lowest BCUT2D eigenvalue weighted by Gasteiger charge is -2.07. The van der Waals surface area contributed by atoms with Crippen molar-refractivity contribution in [3.63, 3.8) is 0 Å². The van der Waals surface area contributed by atoms with Crippen molar-refractivity contribution in [1.29, 1.82) is 0 Å². The van der Waals surface area contributed by atoms with E-state index in [2.05, 4.69) is 86.6 Å². The second-order valence-electron chi connectivity index (χ2n) is 8.38. The molecule has 0 N–H and O–H groups in total. The smallest absolute Gasteiger partial charge is 0.195 e. The van der Waals surface area contributed by atoms with E-state index in [0.29, 0.717) is 5.92 Å². The normalized spacial score (nSPS) is 11.2. The van der Waals surface area contributed by atoms with Crippen molar-refractivity contribution < 1.29 is 0 Å². The van der Waals surface area contributed by atoms with Gasteiger partial charge in [0.25, 0.3) is 0 Å². The fourth-order valence-electron chi connectivity index (χ4n) is 4.06. The van der Waals surface area contributed by atoms with Crippen molar-refractivity contribution in [3.05, 3.63) is 119 Å². The van der Waals surface area contributed by atoms with Crippen molar-refractivity contribution in [3.8, 4) is 0 Å². The molecule has 0 spiro atoms. The van der Waals surface area contributed by atoms with Crippen LogP contribution in [0.15, 0.2) is 108 Å². The van der Waals surface area contributed by atoms with E-state index in [4.69, 9.17) is 0 Å². The van der Waals surface area contributed by atoms with Crippen LogP contribution in [-0.4, -0.2) is 0 Å². The highest BCUT2D eigenvalue weighted by atomic mass is 32.1. The Kier molecular flexibility index (Phi) is 5.46. The number of hydrogen-bond acceptors (Lipinski definition) is 2. The molecule has 2 heteroatoms. The molecule has 0 aliphatic carbocycles. The van der Waals surface area contributed by atoms with Gasteiger partial charge in [0.15, 0.2) is 5.43 Å². The molecule has 156 valence electrons. The number of rotatable bonds is 1. The van der Waals surface area contributed by atoms with Gasteiger partial charge in [-0.3, -0.25) is 4.79 Å². The van der Waals surface area contributed by atoms with Gasteiger partial charge in [-0.15, -0.1) is 11.3 Å². The zero-order valence-electron chi connectivity index (χ0n) is 18.2. The summed E-state index contributed by atoms with van der Waals surface area (Å²) in [5, 5.41) is 6.93. The highest BCUT2D eigenvalue weighted by molar-refractivity contribution is 7.24. The maximum Gasteiger partial charge on any atom is 0.195 e. The molecule has 1 nitrogen and oxygen atoms in total. The van der Waals surface area contributed by atoms with Crippen LogP contribution in [0.4, 0.5) is 0 Å². The van der Waals surface area contributed by atoms with E-state index in [1.165, 1.54) is 27.1 Å². The molecule has 6 rings (SSSR count). The molecule has 0 saturated carbocycles. The number of fused-ring (bicyclic) bond motifs is 4. The van der Waals surface area contributed by atoms with Gasteiger partial charge in [-0.1, -0.05) is 80.6 Å². The molecule has 0 saturated heterocycles. The first-order valence-corrected chi connectivity index (χ1v) is 11.7. The molecule has 0 bridgehead atoms. The van der Waals surface area contributed by atoms with Crippen molar-refractivity contribution in [2.24, 2.45) is 0 Å². The molecular formula is C30H24OS. The van der Waals surface area contributed by atoms with Gasteiger partial charge in [0.05, 0.1) is 0 Å². The topological polar surface area (TPSA) is 17.1 Å². The molecule has 0 aliphatic rings. The molecule has 0 fully saturated rings. The third-order valence-electron chi connectivity index (χ3n) is 5.88. The van der Waals surface area contributed by atoms with Crippen LogP contribution >= 0.6 is 11.3 Å². The van der Waals surface area contributed by atoms with Crippen LogP contribution in [0.2, 0.25) is 0 Å². The van der Waals surface area contributed by atoms with E-state index >= 15 is 0 Å². The van der Waals surface area contributed by atoms with Gasteiger partial charge in [-0.05, 0) is 69.4 Å². The van der Waals surface area contributed by atoms with E-state index in [-0.39, 0.29) is 5.43 Å². The molecule has 1 aromatic heterocycles. The van der Waals surface area contributed by atoms with Crippen LogP contribution in [0.5, 0.6) is 0 Å². The van der Waals surface area contributed by atoms with Gasteiger partial charge in [0.1, 0.15) is 0 Å². The summed E-state index contributed by atoms with van der Waals surface area (Å²) in [6, 6.07) is 35.5. The average molecular weight is 433 g/mol. The van der Waals surface area contributed by atoms with E-state index in [9.17, 15) is 4.79 Å². The second-order valence-corrected chi connectivity index (χ2v) is 9.47. The molecule has 0 unspecified atom stereocenters. The third kappa shape index (κ3) is 3.90. The highest BCUT2D eigenvalue weighted by Crippen LogP contribution is 2.27. The van der Waals surface area contributed by atoms with Gasteiger partial charge in [-0.25, -0.2) is 0 Å². The minimum Gasteiger partial charge on any atom is -0.289 e. The molecule has 0 amide bonds. The van der Waals surface area contributed by atoms with Crippen LogP contribution in [0, 0.1) is 0 Å². The molecule has 32 heavy (non-hydrogen) atoms. The van der Waals surface area contributed by atoms with Crippen molar-refractivity contribution >= 4 is 53.1 Å². The standard InChI is InChI=1S/C16H14OS.C14H10/c1-10(2)11-7-8-15-13(9-11)16(17)12-5-3-4-6-14(12)18-15;1-2-6-12-10-14-8-4-3-7-13(14)9-11(12)5-1/h3-10H,1-2H3;1-10H. The number of hydrogen-bond donors (Lipinski definition) is 0. The summed E-state index contributed by atoms with van der Waals surface area (Å²) in [6.07, 6.45) is 0. The van der Waals surface area contributed by atoms with Gasteiger partial charge >= 0.3 is 0 Å². The van der Waals surface area contributed by atoms with Crippen molar-refractivity contribution in [2.45, 2.75) is 19.8 Å². The van der Waals surface area contributed by atoms with E-state index in [1.807, 2.05) is 30.3 Å². The Morgan fingerprint density at radius 1 is 0.562 bits per heavy atom. The lowest BCUT2D eigenvalue weighted by atomic mass is 10.0. The third-order valence-corrected chi connectivity index (χ3v) is 7.03. The average Bonchev–Trinajstić information content (AvgIpc) is 2.83. The first-order valence-electron chi connectivity index (χ1n) is 10.9. The SMILES string of the molecule is CC(C)c1ccc2sc3ccccc3c(=O)c2c1.c1ccc2cc3ccccc3cc2c1. The van der Waals surface area contributed by atoms with E-state index in [1.54, 1.807) is 11.3 Å². The molecule has 1 heterocycles. The van der Waals surface area contributed by atoms with Crippen LogP contribution < -0.4 is 5.43 Å². The van der Waals surface area contributed by atoms with Gasteiger partial charge in [0.2, 0.25) is 0 Å². The second kappa shape index (κ2) is 8.57. The van der Waals surface area contributed by atoms with Crippen molar-refractivity contribution in [1.82, 2.24) is 0 Å². The van der Waals surface area contributed by atoms with Crippen LogP contribution in [0.25, 0.3) is 41.7 Å². The maximum absolute atomic E-state index is 12.5. The Hall–Kier alpha value is -3.49. The van der Waals surface area contributed by atoms with E-state index in [0.717, 1.165) is 20.2 Å². The van der Waals surface area contributed by atoms with Crippen molar-refractivity contribution in [2.75, 3.05) is 0 Å². The van der Waals surface area contributed by atoms with Crippen LogP contribution in [0.1, 0.15) is 25.3 Å². The molecule has 5 aromatic carbocycles. The summed E-state index contributed by atoms with van der Waals surface area (Å²) >= 11 is 1.69. The Bertz CT molecular complexity index is 1520. The number of benzene rings is 5. The lowest BCUT2D eigenvalue weighted by Crippen LogP contribution is -2.01. The van der Waals surface area contributed by atoms with Gasteiger partial charge in [0, 0.05) is 20.2 Å². The summed E-state index contributed by atoms with van der Waals surface area (Å²) in [5.41, 5.74) is 1.38. The first-order chi connectivity index (χ1) is 15.6. The summed E-state index contributed by atoms with van der Waals surface area (Å²) in [5.74, 6) is 0.449. The minimum atomic E-state index is 0.154. The van der Waals surface area contributed by atoms with E-state index < -0.39 is 0 Å². The van der Waals surface area contributed by atoms with Crippen LogP contribution in [-0.2, 0) is 0 Å². The fraction of sp³-hybridized carbons (Fsp3) is 0.100. The zero-order chi connectivity index (χ0) is 22.1. The predicted molar refractivity (Wildman–Crippen MR) is 141 cm³/mol. The Labute approximate surface area is 191 Å². The highest BCUT2D eigenvalue weighted by Gasteiger charge is 2.07. The quantitative estimate of drug-likeness (QED) is 0.238. The molecule has 0 aliphatic heterocycles. The molecule has 6 aromatic rings. The monoisotopic (exact) mass is 432 g/mol. The molecule has 0 radical (unpaired) electrons. The maximum atomic E-state index is 12.5. The summed E-state index contributed by atoms with van der Waals surface area (Å²) in [7, 11) is 0. The first kappa shape index (κ1) is 20.4. The summed E-state index contributed by atoms with van der Waals surface area (Å²) in [6.45, 7) is 4.30. The summed E-state index contributed by atoms with van der Waals surface area (Å²) < 4.78 is 2.13. The molecular weight excluding hydrogens is 408 g/mol. The zero-order valence-corrected chi connectivity index (χ0v) is 19.0. The summed E-state index contributed by atoms with van der Waals surface area (Å²) in [4.78, 5) is 12.5. The Morgan fingerprint density at radius 3 is 1.62 bits per heavy atom. The van der Waals surface area contributed by atoms with Gasteiger partial charge < -0.3 is 0 Å². The van der Waals surface area contributed by atoms with Gasteiger partial charge in [-0.2, -0.15) is 0 Å². The lowest BCUT2D eigenvalue weighted by molar-refractivity contribution is 0.869. The fourth-order valence-corrected chi connectivity index (χ4v) is 5.11. The molecule has 0 atom stereocenters.